The SMILES string of the molecule is COC(=O)CCc1c(OC)cc(C)c(Cl)c1C. The zero-order valence-electron chi connectivity index (χ0n) is 10.6. The van der Waals surface area contributed by atoms with Gasteiger partial charge in [-0.05, 0) is 43.0 Å². The molecule has 94 valence electrons. The van der Waals surface area contributed by atoms with E-state index in [4.69, 9.17) is 16.3 Å². The van der Waals surface area contributed by atoms with Gasteiger partial charge >= 0.3 is 5.97 Å². The van der Waals surface area contributed by atoms with Crippen LogP contribution >= 0.6 is 11.6 Å². The summed E-state index contributed by atoms with van der Waals surface area (Å²) in [6.07, 6.45) is 0.898. The van der Waals surface area contributed by atoms with Crippen molar-refractivity contribution in [2.75, 3.05) is 14.2 Å². The molecule has 1 aromatic rings. The van der Waals surface area contributed by atoms with E-state index in [9.17, 15) is 4.79 Å². The number of halogens is 1. The van der Waals surface area contributed by atoms with Crippen molar-refractivity contribution in [3.05, 3.63) is 27.8 Å². The lowest BCUT2D eigenvalue weighted by atomic mass is 10.00. The summed E-state index contributed by atoms with van der Waals surface area (Å²) in [4.78, 5) is 11.2. The van der Waals surface area contributed by atoms with Crippen molar-refractivity contribution in [2.45, 2.75) is 26.7 Å². The molecule has 0 N–H and O–H groups in total. The number of rotatable bonds is 4. The van der Waals surface area contributed by atoms with Gasteiger partial charge in [-0.25, -0.2) is 0 Å². The fraction of sp³-hybridized carbons (Fsp3) is 0.462. The summed E-state index contributed by atoms with van der Waals surface area (Å²) in [6.45, 7) is 3.87. The molecule has 0 amide bonds. The van der Waals surface area contributed by atoms with Crippen LogP contribution in [0.25, 0.3) is 0 Å². The van der Waals surface area contributed by atoms with E-state index in [0.717, 1.165) is 27.5 Å². The molecule has 1 aromatic carbocycles. The number of carbonyl (C=O) groups is 1. The van der Waals surface area contributed by atoms with Crippen LogP contribution in [-0.2, 0) is 16.0 Å². The highest BCUT2D eigenvalue weighted by molar-refractivity contribution is 6.32. The van der Waals surface area contributed by atoms with Crippen molar-refractivity contribution in [1.29, 1.82) is 0 Å². The Morgan fingerprint density at radius 1 is 1.35 bits per heavy atom. The van der Waals surface area contributed by atoms with E-state index in [1.54, 1.807) is 7.11 Å². The van der Waals surface area contributed by atoms with Gasteiger partial charge in [0.15, 0.2) is 0 Å². The third-order valence-electron chi connectivity index (χ3n) is 2.80. The Morgan fingerprint density at radius 3 is 2.53 bits per heavy atom. The third kappa shape index (κ3) is 3.13. The Balaban J connectivity index is 3.04. The van der Waals surface area contributed by atoms with Crippen molar-refractivity contribution in [2.24, 2.45) is 0 Å². The largest absolute Gasteiger partial charge is 0.496 e. The predicted molar refractivity (Wildman–Crippen MR) is 67.8 cm³/mol. The highest BCUT2D eigenvalue weighted by Gasteiger charge is 2.14. The molecule has 3 nitrogen and oxygen atoms in total. The van der Waals surface area contributed by atoms with Crippen molar-refractivity contribution in [3.8, 4) is 5.75 Å². The van der Waals surface area contributed by atoms with E-state index >= 15 is 0 Å². The second kappa shape index (κ2) is 5.92. The highest BCUT2D eigenvalue weighted by atomic mass is 35.5. The molecule has 0 atom stereocenters. The Morgan fingerprint density at radius 2 is 2.00 bits per heavy atom. The molecule has 0 unspecified atom stereocenters. The molecule has 4 heteroatoms. The normalized spacial score (nSPS) is 10.2. The van der Waals surface area contributed by atoms with Crippen LogP contribution in [0.2, 0.25) is 5.02 Å². The molecule has 0 aliphatic rings. The average molecular weight is 257 g/mol. The molecule has 0 fully saturated rings. The molecule has 0 aromatic heterocycles. The predicted octanol–water partition coefficient (Wildman–Crippen LogP) is 3.07. The van der Waals surface area contributed by atoms with E-state index in [1.165, 1.54) is 7.11 Å². The molecule has 1 rings (SSSR count). The van der Waals surface area contributed by atoms with E-state index < -0.39 is 0 Å². The summed E-state index contributed by atoms with van der Waals surface area (Å²) >= 11 is 6.19. The first-order chi connectivity index (χ1) is 8.01. The quantitative estimate of drug-likeness (QED) is 0.777. The number of hydrogen-bond acceptors (Lipinski definition) is 3. The standard InChI is InChI=1S/C13H17ClO3/c1-8-7-11(16-3)10(9(2)13(8)14)5-6-12(15)17-4/h7H,5-6H2,1-4H3. The first-order valence-corrected chi connectivity index (χ1v) is 5.78. The fourth-order valence-electron chi connectivity index (χ4n) is 1.78. The molecule has 0 aliphatic carbocycles. The Kier molecular flexibility index (Phi) is 4.82. The molecule has 0 spiro atoms. The number of aryl methyl sites for hydroxylation is 1. The third-order valence-corrected chi connectivity index (χ3v) is 3.38. The molecule has 0 saturated carbocycles. The maximum Gasteiger partial charge on any atom is 0.305 e. The van der Waals surface area contributed by atoms with Crippen LogP contribution in [0.5, 0.6) is 5.75 Å². The van der Waals surface area contributed by atoms with E-state index in [-0.39, 0.29) is 5.97 Å². The van der Waals surface area contributed by atoms with E-state index in [2.05, 4.69) is 4.74 Å². The highest BCUT2D eigenvalue weighted by Crippen LogP contribution is 2.32. The topological polar surface area (TPSA) is 35.5 Å². The van der Waals surface area contributed by atoms with Gasteiger partial charge in [-0.2, -0.15) is 0 Å². The number of hydrogen-bond donors (Lipinski definition) is 0. The van der Waals surface area contributed by atoms with Gasteiger partial charge in [-0.1, -0.05) is 11.6 Å². The van der Waals surface area contributed by atoms with Crippen LogP contribution < -0.4 is 4.74 Å². The maximum atomic E-state index is 11.2. The second-order valence-electron chi connectivity index (χ2n) is 3.89. The maximum absolute atomic E-state index is 11.2. The lowest BCUT2D eigenvalue weighted by molar-refractivity contribution is -0.140. The van der Waals surface area contributed by atoms with Gasteiger partial charge in [0.05, 0.1) is 14.2 Å². The minimum absolute atomic E-state index is 0.233. The molecule has 0 bridgehead atoms. The first kappa shape index (κ1) is 13.8. The average Bonchev–Trinajstić information content (AvgIpc) is 2.33. The summed E-state index contributed by atoms with van der Waals surface area (Å²) in [5, 5.41) is 0.727. The van der Waals surface area contributed by atoms with Crippen molar-refractivity contribution >= 4 is 17.6 Å². The number of carbonyl (C=O) groups excluding carboxylic acids is 1. The molecular formula is C13H17ClO3. The van der Waals surface area contributed by atoms with Gasteiger partial charge in [0.2, 0.25) is 0 Å². The number of ether oxygens (including phenoxy) is 2. The van der Waals surface area contributed by atoms with Gasteiger partial charge in [0.1, 0.15) is 5.75 Å². The van der Waals surface area contributed by atoms with Crippen molar-refractivity contribution in [3.63, 3.8) is 0 Å². The van der Waals surface area contributed by atoms with E-state index in [1.807, 2.05) is 19.9 Å². The zero-order valence-corrected chi connectivity index (χ0v) is 11.4. The molecule has 0 saturated heterocycles. The summed E-state index contributed by atoms with van der Waals surface area (Å²) in [7, 11) is 3.00. The number of benzene rings is 1. The summed E-state index contributed by atoms with van der Waals surface area (Å²) < 4.78 is 9.94. The summed E-state index contributed by atoms with van der Waals surface area (Å²) in [6, 6.07) is 1.89. The zero-order chi connectivity index (χ0) is 13.0. The van der Waals surface area contributed by atoms with Gasteiger partial charge in [0, 0.05) is 11.4 Å². The van der Waals surface area contributed by atoms with Crippen LogP contribution in [0.3, 0.4) is 0 Å². The smallest absolute Gasteiger partial charge is 0.305 e. The Labute approximate surface area is 107 Å². The van der Waals surface area contributed by atoms with Crippen LogP contribution in [0.1, 0.15) is 23.1 Å². The van der Waals surface area contributed by atoms with Gasteiger partial charge in [-0.3, -0.25) is 4.79 Å². The fourth-order valence-corrected chi connectivity index (χ4v) is 1.95. The Hall–Kier alpha value is -1.22. The molecule has 17 heavy (non-hydrogen) atoms. The molecule has 0 aliphatic heterocycles. The van der Waals surface area contributed by atoms with E-state index in [0.29, 0.717) is 12.8 Å². The van der Waals surface area contributed by atoms with Gasteiger partial charge in [-0.15, -0.1) is 0 Å². The minimum Gasteiger partial charge on any atom is -0.496 e. The lowest BCUT2D eigenvalue weighted by Gasteiger charge is -2.14. The lowest BCUT2D eigenvalue weighted by Crippen LogP contribution is -2.05. The second-order valence-corrected chi connectivity index (χ2v) is 4.27. The first-order valence-electron chi connectivity index (χ1n) is 5.40. The van der Waals surface area contributed by atoms with Crippen LogP contribution in [-0.4, -0.2) is 20.2 Å². The van der Waals surface area contributed by atoms with Gasteiger partial charge < -0.3 is 9.47 Å². The van der Waals surface area contributed by atoms with Crippen LogP contribution in [0.15, 0.2) is 6.07 Å². The molecular weight excluding hydrogens is 240 g/mol. The summed E-state index contributed by atoms with van der Waals surface area (Å²) in [5.41, 5.74) is 2.91. The van der Waals surface area contributed by atoms with Crippen molar-refractivity contribution < 1.29 is 14.3 Å². The van der Waals surface area contributed by atoms with Crippen molar-refractivity contribution in [1.82, 2.24) is 0 Å². The molecule has 0 radical (unpaired) electrons. The number of esters is 1. The van der Waals surface area contributed by atoms with Crippen LogP contribution in [0.4, 0.5) is 0 Å². The summed E-state index contributed by atoms with van der Waals surface area (Å²) in [5.74, 6) is 0.538. The van der Waals surface area contributed by atoms with Gasteiger partial charge in [0.25, 0.3) is 0 Å². The Bertz CT molecular complexity index is 427. The minimum atomic E-state index is -0.233. The number of methoxy groups -OCH3 is 2. The van der Waals surface area contributed by atoms with Crippen LogP contribution in [0, 0.1) is 13.8 Å². The monoisotopic (exact) mass is 256 g/mol. The molecule has 0 heterocycles.